The van der Waals surface area contributed by atoms with Gasteiger partial charge in [0.1, 0.15) is 0 Å². The third-order valence-corrected chi connectivity index (χ3v) is 6.14. The third kappa shape index (κ3) is 4.19. The fraction of sp³-hybridized carbons (Fsp3) is 0.211. The Morgan fingerprint density at radius 1 is 1.00 bits per heavy atom. The van der Waals surface area contributed by atoms with Crippen molar-refractivity contribution in [2.45, 2.75) is 17.7 Å². The fourth-order valence-electron chi connectivity index (χ4n) is 2.79. The Morgan fingerprint density at radius 3 is 2.07 bits per heavy atom. The molecule has 1 aliphatic rings. The van der Waals surface area contributed by atoms with Crippen molar-refractivity contribution < 1.29 is 27.6 Å². The van der Waals surface area contributed by atoms with E-state index in [4.69, 9.17) is 4.84 Å². The van der Waals surface area contributed by atoms with Crippen LogP contribution in [0.3, 0.4) is 0 Å². The van der Waals surface area contributed by atoms with Gasteiger partial charge in [0.05, 0.1) is 17.7 Å². The summed E-state index contributed by atoms with van der Waals surface area (Å²) in [6.07, 6.45) is 0.375. The number of benzene rings is 2. The summed E-state index contributed by atoms with van der Waals surface area (Å²) in [4.78, 5) is 41.8. The van der Waals surface area contributed by atoms with Crippen molar-refractivity contribution in [1.82, 2.24) is 4.47 Å². The summed E-state index contributed by atoms with van der Waals surface area (Å²) in [5.41, 5.74) is 1.15. The predicted octanol–water partition coefficient (Wildman–Crippen LogP) is 1.77. The summed E-state index contributed by atoms with van der Waals surface area (Å²) in [5.74, 6) is -0.942. The van der Waals surface area contributed by atoms with Crippen LogP contribution in [0.25, 0.3) is 0 Å². The highest BCUT2D eigenvalue weighted by Gasteiger charge is 2.30. The zero-order chi connectivity index (χ0) is 21.2. The van der Waals surface area contributed by atoms with Gasteiger partial charge in [-0.1, -0.05) is 4.47 Å². The van der Waals surface area contributed by atoms with E-state index in [0.29, 0.717) is 16.9 Å². The van der Waals surface area contributed by atoms with Crippen LogP contribution in [0, 0.1) is 0 Å². The van der Waals surface area contributed by atoms with Crippen LogP contribution >= 0.6 is 0 Å². The Labute approximate surface area is 167 Å². The Morgan fingerprint density at radius 2 is 1.55 bits per heavy atom. The monoisotopic (exact) mass is 417 g/mol. The molecule has 3 amide bonds. The van der Waals surface area contributed by atoms with E-state index in [2.05, 4.69) is 5.32 Å². The standard InChI is InChI=1S/C19H19N3O6S/c1-21(28-2)29(26,27)16-9-5-14(6-10-16)20-19(25)13-3-7-15(8-4-13)22-17(23)11-12-18(22)24/h3-10H,11-12H2,1-2H3,(H,20,25). The third-order valence-electron chi connectivity index (χ3n) is 4.44. The van der Waals surface area contributed by atoms with Crippen LogP contribution in [0.15, 0.2) is 53.4 Å². The Bertz CT molecular complexity index is 1030. The van der Waals surface area contributed by atoms with Crippen LogP contribution < -0.4 is 10.2 Å². The maximum atomic E-state index is 12.4. The number of anilines is 2. The number of hydrogen-bond donors (Lipinski definition) is 1. The summed E-state index contributed by atoms with van der Waals surface area (Å²) >= 11 is 0. The molecule has 3 rings (SSSR count). The number of rotatable bonds is 6. The summed E-state index contributed by atoms with van der Waals surface area (Å²) in [6.45, 7) is 0. The lowest BCUT2D eigenvalue weighted by Gasteiger charge is -2.15. The number of nitrogens with one attached hydrogen (secondary N) is 1. The Hall–Kier alpha value is -3.08. The maximum absolute atomic E-state index is 12.4. The predicted molar refractivity (Wildman–Crippen MR) is 105 cm³/mol. The first-order chi connectivity index (χ1) is 13.7. The molecular weight excluding hydrogens is 398 g/mol. The van der Waals surface area contributed by atoms with Crippen molar-refractivity contribution in [3.8, 4) is 0 Å². The lowest BCUT2D eigenvalue weighted by molar-refractivity contribution is -0.121. The minimum Gasteiger partial charge on any atom is -0.322 e. The number of amides is 3. The molecule has 2 aromatic carbocycles. The van der Waals surface area contributed by atoms with E-state index in [-0.39, 0.29) is 29.6 Å². The van der Waals surface area contributed by atoms with E-state index in [9.17, 15) is 22.8 Å². The minimum atomic E-state index is -3.77. The maximum Gasteiger partial charge on any atom is 0.264 e. The molecule has 0 bridgehead atoms. The number of sulfonamides is 1. The van der Waals surface area contributed by atoms with E-state index >= 15 is 0 Å². The number of carbonyl (C=O) groups excluding carboxylic acids is 3. The number of imide groups is 1. The summed E-state index contributed by atoms with van der Waals surface area (Å²) in [7, 11) is -1.25. The van der Waals surface area contributed by atoms with Crippen molar-refractivity contribution in [1.29, 1.82) is 0 Å². The van der Waals surface area contributed by atoms with Gasteiger partial charge in [-0.2, -0.15) is 0 Å². The second-order valence-electron chi connectivity index (χ2n) is 6.25. The molecule has 10 heteroatoms. The van der Waals surface area contributed by atoms with Crippen molar-refractivity contribution in [2.75, 3.05) is 24.4 Å². The smallest absolute Gasteiger partial charge is 0.264 e. The SMILES string of the molecule is CON(C)S(=O)(=O)c1ccc(NC(=O)c2ccc(N3C(=O)CCC3=O)cc2)cc1. The average Bonchev–Trinajstić information content (AvgIpc) is 3.06. The van der Waals surface area contributed by atoms with Gasteiger partial charge in [-0.3, -0.25) is 24.1 Å². The van der Waals surface area contributed by atoms with E-state index in [0.717, 1.165) is 9.37 Å². The molecule has 1 fully saturated rings. The highest BCUT2D eigenvalue weighted by atomic mass is 32.2. The largest absolute Gasteiger partial charge is 0.322 e. The summed E-state index contributed by atoms with van der Waals surface area (Å²) in [6, 6.07) is 11.7. The van der Waals surface area contributed by atoms with Gasteiger partial charge < -0.3 is 5.32 Å². The molecule has 9 nitrogen and oxygen atoms in total. The van der Waals surface area contributed by atoms with Crippen molar-refractivity contribution in [2.24, 2.45) is 0 Å². The first kappa shape index (κ1) is 20.6. The number of carbonyl (C=O) groups is 3. The Kier molecular flexibility index (Phi) is 5.78. The molecule has 0 spiro atoms. The fourth-order valence-corrected chi connectivity index (χ4v) is 3.76. The van der Waals surface area contributed by atoms with Crippen LogP contribution in [0.2, 0.25) is 0 Å². The lowest BCUT2D eigenvalue weighted by Crippen LogP contribution is -2.28. The van der Waals surface area contributed by atoms with Crippen LogP contribution in [-0.2, 0) is 24.4 Å². The van der Waals surface area contributed by atoms with Gasteiger partial charge in [-0.15, -0.1) is 0 Å². The highest BCUT2D eigenvalue weighted by molar-refractivity contribution is 7.89. The summed E-state index contributed by atoms with van der Waals surface area (Å²) in [5, 5.41) is 2.66. The second-order valence-corrected chi connectivity index (χ2v) is 8.18. The van der Waals surface area contributed by atoms with Gasteiger partial charge in [-0.05, 0) is 48.5 Å². The second kappa shape index (κ2) is 8.11. The molecule has 1 heterocycles. The van der Waals surface area contributed by atoms with Crippen LogP contribution in [0.5, 0.6) is 0 Å². The van der Waals surface area contributed by atoms with Gasteiger partial charge in [0.25, 0.3) is 15.9 Å². The van der Waals surface area contributed by atoms with E-state index in [1.165, 1.54) is 62.7 Å². The lowest BCUT2D eigenvalue weighted by atomic mass is 10.1. The zero-order valence-corrected chi connectivity index (χ0v) is 16.6. The molecule has 152 valence electrons. The van der Waals surface area contributed by atoms with Gasteiger partial charge in [-0.25, -0.2) is 8.42 Å². The molecule has 0 aromatic heterocycles. The normalized spacial score (nSPS) is 14.5. The topological polar surface area (TPSA) is 113 Å². The molecule has 0 aliphatic carbocycles. The van der Waals surface area contributed by atoms with Gasteiger partial charge in [0, 0.05) is 31.1 Å². The van der Waals surface area contributed by atoms with Crippen LogP contribution in [0.1, 0.15) is 23.2 Å². The minimum absolute atomic E-state index is 0.0177. The van der Waals surface area contributed by atoms with Crippen molar-refractivity contribution >= 4 is 39.1 Å². The first-order valence-corrected chi connectivity index (χ1v) is 10.1. The van der Waals surface area contributed by atoms with Crippen molar-refractivity contribution in [3.63, 3.8) is 0 Å². The van der Waals surface area contributed by atoms with Crippen LogP contribution in [0.4, 0.5) is 11.4 Å². The van der Waals surface area contributed by atoms with E-state index in [1.807, 2.05) is 0 Å². The first-order valence-electron chi connectivity index (χ1n) is 8.64. The highest BCUT2D eigenvalue weighted by Crippen LogP contribution is 2.23. The molecule has 2 aromatic rings. The number of nitrogens with zero attached hydrogens (tertiary/aromatic N) is 2. The Balaban J connectivity index is 1.70. The van der Waals surface area contributed by atoms with Gasteiger partial charge >= 0.3 is 0 Å². The van der Waals surface area contributed by atoms with Gasteiger partial charge in [0.15, 0.2) is 0 Å². The molecule has 1 N–H and O–H groups in total. The van der Waals surface area contributed by atoms with E-state index in [1.54, 1.807) is 0 Å². The molecular formula is C19H19N3O6S. The van der Waals surface area contributed by atoms with Crippen LogP contribution in [-0.4, -0.2) is 44.8 Å². The molecule has 1 saturated heterocycles. The van der Waals surface area contributed by atoms with E-state index < -0.39 is 15.9 Å². The molecule has 1 aliphatic heterocycles. The zero-order valence-electron chi connectivity index (χ0n) is 15.8. The number of hydrogen-bond acceptors (Lipinski definition) is 6. The van der Waals surface area contributed by atoms with Crippen molar-refractivity contribution in [3.05, 3.63) is 54.1 Å². The van der Waals surface area contributed by atoms with Gasteiger partial charge in [0.2, 0.25) is 11.8 Å². The molecule has 29 heavy (non-hydrogen) atoms. The molecule has 0 atom stereocenters. The quantitative estimate of drug-likeness (QED) is 0.566. The molecule has 0 unspecified atom stereocenters. The molecule has 0 saturated carbocycles. The molecule has 0 radical (unpaired) electrons. The summed E-state index contributed by atoms with van der Waals surface area (Å²) < 4.78 is 25.1. The average molecular weight is 417 g/mol. The number of hydroxylamine groups is 1.